The van der Waals surface area contributed by atoms with E-state index in [0.29, 0.717) is 43.5 Å². The SMILES string of the molecule is O=C(/C=C/c1ccc2c(c1)OCO2)N1CCN(c2ccc(C(F)(F)F)c[nH+]2)CC1. The molecule has 9 heteroatoms. The first-order chi connectivity index (χ1) is 13.9. The van der Waals surface area contributed by atoms with Crippen LogP contribution in [-0.4, -0.2) is 43.8 Å². The Bertz CT molecular complexity index is 921. The van der Waals surface area contributed by atoms with Crippen molar-refractivity contribution in [3.8, 4) is 11.5 Å². The lowest BCUT2D eigenvalue weighted by Gasteiger charge is -2.30. The number of halogens is 3. The molecule has 29 heavy (non-hydrogen) atoms. The van der Waals surface area contributed by atoms with Crippen LogP contribution < -0.4 is 19.4 Å². The van der Waals surface area contributed by atoms with E-state index in [2.05, 4.69) is 4.98 Å². The van der Waals surface area contributed by atoms with Gasteiger partial charge in [0, 0.05) is 12.1 Å². The average molecular weight is 406 g/mol. The van der Waals surface area contributed by atoms with Gasteiger partial charge in [-0.2, -0.15) is 13.2 Å². The normalized spacial score (nSPS) is 16.5. The van der Waals surface area contributed by atoms with Crippen LogP contribution in [0.15, 0.2) is 42.6 Å². The van der Waals surface area contributed by atoms with Gasteiger partial charge in [-0.05, 0) is 29.8 Å². The highest BCUT2D eigenvalue weighted by molar-refractivity contribution is 5.92. The minimum atomic E-state index is -4.37. The first kappa shape index (κ1) is 19.1. The number of nitrogens with zero attached hydrogens (tertiary/aromatic N) is 2. The molecule has 2 aliphatic rings. The number of rotatable bonds is 3. The molecule has 0 saturated carbocycles. The Balaban J connectivity index is 1.32. The quantitative estimate of drug-likeness (QED) is 0.736. The van der Waals surface area contributed by atoms with Crippen molar-refractivity contribution in [3.63, 3.8) is 0 Å². The molecule has 1 saturated heterocycles. The van der Waals surface area contributed by atoms with Gasteiger partial charge < -0.3 is 14.4 Å². The summed E-state index contributed by atoms with van der Waals surface area (Å²) >= 11 is 0. The summed E-state index contributed by atoms with van der Waals surface area (Å²) in [4.78, 5) is 18.8. The molecule has 1 amide bonds. The van der Waals surface area contributed by atoms with Crippen LogP contribution in [-0.2, 0) is 11.0 Å². The van der Waals surface area contributed by atoms with Crippen molar-refractivity contribution in [3.05, 3.63) is 53.7 Å². The summed E-state index contributed by atoms with van der Waals surface area (Å²) in [5.74, 6) is 1.82. The highest BCUT2D eigenvalue weighted by Gasteiger charge is 2.32. The summed E-state index contributed by atoms with van der Waals surface area (Å²) in [7, 11) is 0. The number of hydrogen-bond donors (Lipinski definition) is 0. The van der Waals surface area contributed by atoms with Crippen molar-refractivity contribution in [2.45, 2.75) is 6.18 Å². The van der Waals surface area contributed by atoms with Crippen LogP contribution >= 0.6 is 0 Å². The van der Waals surface area contributed by atoms with Crippen LogP contribution in [0.1, 0.15) is 11.1 Å². The van der Waals surface area contributed by atoms with E-state index in [-0.39, 0.29) is 12.7 Å². The van der Waals surface area contributed by atoms with Gasteiger partial charge in [0.15, 0.2) is 11.5 Å². The van der Waals surface area contributed by atoms with Gasteiger partial charge in [-0.1, -0.05) is 6.07 Å². The molecule has 2 aliphatic heterocycles. The first-order valence-electron chi connectivity index (χ1n) is 9.11. The summed E-state index contributed by atoms with van der Waals surface area (Å²) in [6.45, 7) is 2.23. The maximum atomic E-state index is 12.7. The maximum Gasteiger partial charge on any atom is 0.419 e. The van der Waals surface area contributed by atoms with E-state index in [0.717, 1.165) is 17.8 Å². The number of nitrogens with one attached hydrogen (secondary N) is 1. The number of anilines is 1. The number of H-pyrrole nitrogens is 1. The zero-order chi connectivity index (χ0) is 20.4. The Hall–Kier alpha value is -3.23. The van der Waals surface area contributed by atoms with Gasteiger partial charge in [0.25, 0.3) is 5.82 Å². The number of ether oxygens (including phenoxy) is 2. The van der Waals surface area contributed by atoms with E-state index < -0.39 is 11.7 Å². The second-order valence-electron chi connectivity index (χ2n) is 6.72. The minimum Gasteiger partial charge on any atom is -0.454 e. The number of aromatic nitrogens is 1. The summed E-state index contributed by atoms with van der Waals surface area (Å²) in [5, 5.41) is 0. The van der Waals surface area contributed by atoms with Crippen molar-refractivity contribution in [2.75, 3.05) is 37.9 Å². The standard InChI is InChI=1S/C20H18F3N3O3/c21-20(22,23)15-3-5-18(24-12-15)25-7-9-26(10-8-25)19(27)6-2-14-1-4-16-17(11-14)29-13-28-16/h1-6,11-12H,7-10,13H2/p+1/b6-2+. The summed E-state index contributed by atoms with van der Waals surface area (Å²) in [6, 6.07) is 7.92. The molecule has 3 heterocycles. The lowest BCUT2D eigenvalue weighted by atomic mass is 10.2. The molecule has 4 rings (SSSR count). The highest BCUT2D eigenvalue weighted by atomic mass is 19.4. The Labute approximate surface area is 165 Å². The molecular formula is C20H19F3N3O3+. The van der Waals surface area contributed by atoms with Crippen molar-refractivity contribution in [1.29, 1.82) is 0 Å². The molecule has 1 fully saturated rings. The smallest absolute Gasteiger partial charge is 0.419 e. The maximum absolute atomic E-state index is 12.7. The van der Waals surface area contributed by atoms with Gasteiger partial charge >= 0.3 is 6.18 Å². The molecule has 0 unspecified atom stereocenters. The molecule has 0 radical (unpaired) electrons. The van der Waals surface area contributed by atoms with Gasteiger partial charge in [-0.15, -0.1) is 0 Å². The molecule has 0 bridgehead atoms. The Morgan fingerprint density at radius 1 is 1.03 bits per heavy atom. The zero-order valence-corrected chi connectivity index (χ0v) is 15.4. The average Bonchev–Trinajstić information content (AvgIpc) is 3.19. The lowest BCUT2D eigenvalue weighted by Crippen LogP contribution is -2.49. The number of piperazine rings is 1. The number of aromatic amines is 1. The molecule has 0 aliphatic carbocycles. The van der Waals surface area contributed by atoms with Crippen LogP contribution in [0.3, 0.4) is 0 Å². The van der Waals surface area contributed by atoms with E-state index in [1.165, 1.54) is 12.1 Å². The third-order valence-electron chi connectivity index (χ3n) is 4.87. The molecule has 1 aromatic heterocycles. The van der Waals surface area contributed by atoms with Crippen molar-refractivity contribution in [2.24, 2.45) is 0 Å². The number of pyridine rings is 1. The van der Waals surface area contributed by atoms with Crippen LogP contribution in [0.5, 0.6) is 11.5 Å². The summed E-state index contributed by atoms with van der Waals surface area (Å²) in [6.07, 6.45) is -0.177. The molecule has 1 N–H and O–H groups in total. The van der Waals surface area contributed by atoms with Gasteiger partial charge in [-0.3, -0.25) is 9.69 Å². The Kier molecular flexibility index (Phi) is 5.04. The summed E-state index contributed by atoms with van der Waals surface area (Å²) in [5.41, 5.74) is 0.115. The lowest BCUT2D eigenvalue weighted by molar-refractivity contribution is -0.367. The number of carbonyl (C=O) groups excluding carboxylic acids is 1. The van der Waals surface area contributed by atoms with Crippen molar-refractivity contribution in [1.82, 2.24) is 4.90 Å². The summed E-state index contributed by atoms with van der Waals surface area (Å²) < 4.78 is 48.6. The molecule has 1 aromatic carbocycles. The van der Waals surface area contributed by atoms with E-state index in [1.54, 1.807) is 17.0 Å². The predicted octanol–water partition coefficient (Wildman–Crippen LogP) is 2.61. The van der Waals surface area contributed by atoms with E-state index in [1.807, 2.05) is 17.0 Å². The van der Waals surface area contributed by atoms with Crippen LogP contribution in [0.25, 0.3) is 6.08 Å². The van der Waals surface area contributed by atoms with Gasteiger partial charge in [0.2, 0.25) is 12.7 Å². The molecule has 152 valence electrons. The Morgan fingerprint density at radius 2 is 1.79 bits per heavy atom. The number of fused-ring (bicyclic) bond motifs is 1. The van der Waals surface area contributed by atoms with Gasteiger partial charge in [0.05, 0.1) is 18.7 Å². The number of amides is 1. The van der Waals surface area contributed by atoms with E-state index in [4.69, 9.17) is 9.47 Å². The third kappa shape index (κ3) is 4.28. The van der Waals surface area contributed by atoms with E-state index >= 15 is 0 Å². The first-order valence-corrected chi connectivity index (χ1v) is 9.11. The zero-order valence-electron chi connectivity index (χ0n) is 15.4. The molecule has 2 aromatic rings. The fourth-order valence-corrected chi connectivity index (χ4v) is 3.25. The van der Waals surface area contributed by atoms with Crippen LogP contribution in [0.4, 0.5) is 19.0 Å². The number of carbonyl (C=O) groups is 1. The predicted molar refractivity (Wildman–Crippen MR) is 98.4 cm³/mol. The van der Waals surface area contributed by atoms with Gasteiger partial charge in [0.1, 0.15) is 19.3 Å². The topological polar surface area (TPSA) is 56.2 Å². The second kappa shape index (κ2) is 7.65. The number of benzene rings is 1. The fraction of sp³-hybridized carbons (Fsp3) is 0.300. The number of alkyl halides is 3. The molecule has 0 atom stereocenters. The Morgan fingerprint density at radius 3 is 2.48 bits per heavy atom. The van der Waals surface area contributed by atoms with Gasteiger partial charge in [-0.25, -0.2) is 4.98 Å². The molecular weight excluding hydrogens is 387 g/mol. The van der Waals surface area contributed by atoms with Crippen LogP contribution in [0, 0.1) is 0 Å². The monoisotopic (exact) mass is 406 g/mol. The van der Waals surface area contributed by atoms with Crippen molar-refractivity contribution < 1.29 is 32.4 Å². The van der Waals surface area contributed by atoms with E-state index in [9.17, 15) is 18.0 Å². The molecule has 0 spiro atoms. The van der Waals surface area contributed by atoms with Crippen molar-refractivity contribution >= 4 is 17.8 Å². The molecule has 6 nitrogen and oxygen atoms in total. The van der Waals surface area contributed by atoms with Crippen LogP contribution in [0.2, 0.25) is 0 Å². The third-order valence-corrected chi connectivity index (χ3v) is 4.87. The highest BCUT2D eigenvalue weighted by Crippen LogP contribution is 2.33. The largest absolute Gasteiger partial charge is 0.454 e. The fourth-order valence-electron chi connectivity index (χ4n) is 3.25. The minimum absolute atomic E-state index is 0.112. The second-order valence-corrected chi connectivity index (χ2v) is 6.72. The number of hydrogen-bond acceptors (Lipinski definition) is 4.